The predicted molar refractivity (Wildman–Crippen MR) is 116 cm³/mol. The van der Waals surface area contributed by atoms with E-state index in [9.17, 15) is 14.0 Å². The Bertz CT molecular complexity index is 1170. The summed E-state index contributed by atoms with van der Waals surface area (Å²) in [5.74, 6) is -0.175. The number of rotatable bonds is 5. The SMILES string of the molecule is CNC(=O)c1cc(C2CC2)nc2onc(C3CCCN(C(=O)Cc4ccc(F)cc4)C3)c12. The Hall–Kier alpha value is -3.29. The van der Waals surface area contributed by atoms with Crippen LogP contribution in [0, 0.1) is 5.82 Å². The summed E-state index contributed by atoms with van der Waals surface area (Å²) in [7, 11) is 1.61. The molecule has 1 saturated heterocycles. The minimum atomic E-state index is -0.317. The van der Waals surface area contributed by atoms with Crippen LogP contribution in [-0.4, -0.2) is 47.0 Å². The Morgan fingerprint density at radius 3 is 2.69 bits per heavy atom. The van der Waals surface area contributed by atoms with Crippen molar-refractivity contribution in [1.29, 1.82) is 0 Å². The van der Waals surface area contributed by atoms with Gasteiger partial charge in [0.1, 0.15) is 5.82 Å². The van der Waals surface area contributed by atoms with Crippen LogP contribution in [-0.2, 0) is 11.2 Å². The predicted octanol–water partition coefficient (Wildman–Crippen LogP) is 3.55. The van der Waals surface area contributed by atoms with Crippen molar-refractivity contribution in [2.24, 2.45) is 0 Å². The molecule has 3 aromatic rings. The molecule has 2 aromatic heterocycles. The van der Waals surface area contributed by atoms with Gasteiger partial charge in [0.2, 0.25) is 5.91 Å². The van der Waals surface area contributed by atoms with Crippen LogP contribution in [0.15, 0.2) is 34.9 Å². The fourth-order valence-electron chi connectivity index (χ4n) is 4.49. The van der Waals surface area contributed by atoms with Gasteiger partial charge in [0, 0.05) is 37.7 Å². The number of fused-ring (bicyclic) bond motifs is 1. The van der Waals surface area contributed by atoms with Gasteiger partial charge in [0.15, 0.2) is 0 Å². The molecule has 7 nitrogen and oxygen atoms in total. The second-order valence-corrected chi connectivity index (χ2v) is 8.68. The summed E-state index contributed by atoms with van der Waals surface area (Å²) >= 11 is 0. The normalized spacial score (nSPS) is 18.7. The summed E-state index contributed by atoms with van der Waals surface area (Å²) in [6.07, 6.45) is 4.04. The Kier molecular flexibility index (Phi) is 5.36. The molecule has 1 unspecified atom stereocenters. The smallest absolute Gasteiger partial charge is 0.259 e. The van der Waals surface area contributed by atoms with E-state index in [4.69, 9.17) is 4.52 Å². The van der Waals surface area contributed by atoms with E-state index >= 15 is 0 Å². The fourth-order valence-corrected chi connectivity index (χ4v) is 4.49. The van der Waals surface area contributed by atoms with Crippen LogP contribution < -0.4 is 5.32 Å². The van der Waals surface area contributed by atoms with E-state index in [1.165, 1.54) is 12.1 Å². The second kappa shape index (κ2) is 8.33. The maximum Gasteiger partial charge on any atom is 0.259 e. The first-order chi connectivity index (χ1) is 15.5. The third kappa shape index (κ3) is 3.97. The van der Waals surface area contributed by atoms with Crippen molar-refractivity contribution < 1.29 is 18.5 Å². The van der Waals surface area contributed by atoms with Gasteiger partial charge >= 0.3 is 0 Å². The number of halogens is 1. The molecule has 1 atom stereocenters. The second-order valence-electron chi connectivity index (χ2n) is 8.68. The number of benzene rings is 1. The average Bonchev–Trinajstić information content (AvgIpc) is 3.58. The van der Waals surface area contributed by atoms with Crippen LogP contribution in [0.5, 0.6) is 0 Å². The molecule has 0 radical (unpaired) electrons. The Balaban J connectivity index is 1.41. The first-order valence-electron chi connectivity index (χ1n) is 11.1. The highest BCUT2D eigenvalue weighted by Gasteiger charge is 2.33. The van der Waals surface area contributed by atoms with Gasteiger partial charge in [-0.25, -0.2) is 9.37 Å². The molecule has 2 amide bonds. The molecule has 1 aliphatic heterocycles. The lowest BCUT2D eigenvalue weighted by atomic mass is 9.91. The molecule has 1 N–H and O–H groups in total. The number of carbonyl (C=O) groups excluding carboxylic acids is 2. The van der Waals surface area contributed by atoms with Crippen LogP contribution >= 0.6 is 0 Å². The van der Waals surface area contributed by atoms with Crippen molar-refractivity contribution in [2.45, 2.75) is 43.9 Å². The molecular formula is C24H25FN4O3. The third-order valence-corrected chi connectivity index (χ3v) is 6.39. The third-order valence-electron chi connectivity index (χ3n) is 6.39. The number of hydrogen-bond acceptors (Lipinski definition) is 5. The highest BCUT2D eigenvalue weighted by molar-refractivity contribution is 6.06. The number of aromatic nitrogens is 2. The highest BCUT2D eigenvalue weighted by atomic mass is 19.1. The zero-order valence-electron chi connectivity index (χ0n) is 17.9. The van der Waals surface area contributed by atoms with Crippen molar-refractivity contribution in [2.75, 3.05) is 20.1 Å². The minimum absolute atomic E-state index is 0.00484. The van der Waals surface area contributed by atoms with Crippen molar-refractivity contribution in [1.82, 2.24) is 20.4 Å². The summed E-state index contributed by atoms with van der Waals surface area (Å²) in [5.41, 5.74) is 3.26. The number of likely N-dealkylation sites (tertiary alicyclic amines) is 1. The molecule has 32 heavy (non-hydrogen) atoms. The number of amides is 2. The van der Waals surface area contributed by atoms with Gasteiger partial charge in [-0.2, -0.15) is 0 Å². The summed E-state index contributed by atoms with van der Waals surface area (Å²) in [5, 5.41) is 7.66. The number of piperidine rings is 1. The van der Waals surface area contributed by atoms with Crippen molar-refractivity contribution in [3.63, 3.8) is 0 Å². The first kappa shape index (κ1) is 20.6. The van der Waals surface area contributed by atoms with Crippen LogP contribution in [0.1, 0.15) is 64.8 Å². The van der Waals surface area contributed by atoms with E-state index in [1.807, 2.05) is 11.0 Å². The highest BCUT2D eigenvalue weighted by Crippen LogP contribution is 2.41. The zero-order chi connectivity index (χ0) is 22.2. The number of nitrogens with one attached hydrogen (secondary N) is 1. The van der Waals surface area contributed by atoms with E-state index in [0.717, 1.165) is 36.9 Å². The lowest BCUT2D eigenvalue weighted by Gasteiger charge is -2.32. The molecular weight excluding hydrogens is 411 g/mol. The van der Waals surface area contributed by atoms with Gasteiger partial charge in [-0.3, -0.25) is 9.59 Å². The average molecular weight is 436 g/mol. The van der Waals surface area contributed by atoms with Gasteiger partial charge in [0.25, 0.3) is 11.6 Å². The number of pyridine rings is 1. The van der Waals surface area contributed by atoms with E-state index in [1.54, 1.807) is 19.2 Å². The molecule has 2 aliphatic rings. The summed E-state index contributed by atoms with van der Waals surface area (Å²) in [6.45, 7) is 1.16. The Morgan fingerprint density at radius 2 is 1.97 bits per heavy atom. The van der Waals surface area contributed by atoms with Gasteiger partial charge in [0.05, 0.1) is 23.1 Å². The minimum Gasteiger partial charge on any atom is -0.355 e. The lowest BCUT2D eigenvalue weighted by molar-refractivity contribution is -0.131. The molecule has 1 aromatic carbocycles. The summed E-state index contributed by atoms with van der Waals surface area (Å²) in [6, 6.07) is 7.87. The van der Waals surface area contributed by atoms with E-state index in [2.05, 4.69) is 15.5 Å². The summed E-state index contributed by atoms with van der Waals surface area (Å²) in [4.78, 5) is 32.0. The van der Waals surface area contributed by atoms with Gasteiger partial charge < -0.3 is 14.7 Å². The topological polar surface area (TPSA) is 88.3 Å². The molecule has 5 rings (SSSR count). The van der Waals surface area contributed by atoms with Crippen LogP contribution in [0.25, 0.3) is 11.1 Å². The van der Waals surface area contributed by atoms with Crippen molar-refractivity contribution in [3.05, 3.63) is 58.7 Å². The van der Waals surface area contributed by atoms with Crippen LogP contribution in [0.3, 0.4) is 0 Å². The largest absolute Gasteiger partial charge is 0.355 e. The molecule has 8 heteroatoms. The van der Waals surface area contributed by atoms with E-state index in [0.29, 0.717) is 41.4 Å². The van der Waals surface area contributed by atoms with Gasteiger partial charge in [-0.1, -0.05) is 17.3 Å². The van der Waals surface area contributed by atoms with E-state index in [-0.39, 0.29) is 30.0 Å². The molecule has 1 aliphatic carbocycles. The maximum absolute atomic E-state index is 13.2. The lowest BCUT2D eigenvalue weighted by Crippen LogP contribution is -2.40. The molecule has 2 fully saturated rings. The quantitative estimate of drug-likeness (QED) is 0.661. The molecule has 0 spiro atoms. The first-order valence-corrected chi connectivity index (χ1v) is 11.1. The number of carbonyl (C=O) groups is 2. The van der Waals surface area contributed by atoms with Crippen molar-refractivity contribution >= 4 is 22.9 Å². The maximum atomic E-state index is 13.2. The van der Waals surface area contributed by atoms with Gasteiger partial charge in [-0.15, -0.1) is 0 Å². The fraction of sp³-hybridized carbons (Fsp3) is 0.417. The molecule has 3 heterocycles. The Labute approximate surface area is 185 Å². The van der Waals surface area contributed by atoms with Crippen LogP contribution in [0.2, 0.25) is 0 Å². The number of nitrogens with zero attached hydrogens (tertiary/aromatic N) is 3. The molecule has 1 saturated carbocycles. The van der Waals surface area contributed by atoms with E-state index < -0.39 is 0 Å². The zero-order valence-corrected chi connectivity index (χ0v) is 17.9. The number of hydrogen-bond donors (Lipinski definition) is 1. The molecule has 0 bridgehead atoms. The molecule has 166 valence electrons. The van der Waals surface area contributed by atoms with Gasteiger partial charge in [-0.05, 0) is 49.4 Å². The standard InChI is InChI=1S/C24H25FN4O3/c1-26-23(31)18-12-19(15-6-7-15)27-24-21(18)22(28-32-24)16-3-2-10-29(13-16)20(30)11-14-4-8-17(25)9-5-14/h4-5,8-9,12,15-16H,2-3,6-7,10-11,13H2,1H3,(H,26,31). The van der Waals surface area contributed by atoms with Crippen molar-refractivity contribution in [3.8, 4) is 0 Å². The Morgan fingerprint density at radius 1 is 1.19 bits per heavy atom. The van der Waals surface area contributed by atoms with Crippen LogP contribution in [0.4, 0.5) is 4.39 Å². The summed E-state index contributed by atoms with van der Waals surface area (Å²) < 4.78 is 18.7. The monoisotopic (exact) mass is 436 g/mol.